The van der Waals surface area contributed by atoms with Gasteiger partial charge in [-0.05, 0) is 47.6 Å². The normalized spacial score (nSPS) is 11.2. The Morgan fingerprint density at radius 3 is 1.82 bits per heavy atom. The predicted octanol–water partition coefficient (Wildman–Crippen LogP) is 1.56. The zero-order valence-electron chi connectivity index (χ0n) is 17.6. The van der Waals surface area contributed by atoms with Crippen LogP contribution in [0, 0.1) is 3.70 Å². The summed E-state index contributed by atoms with van der Waals surface area (Å²) in [5.41, 5.74) is 3.27. The zero-order chi connectivity index (χ0) is 22.9. The minimum absolute atomic E-state index is 0.123. The van der Waals surface area contributed by atoms with Crippen molar-refractivity contribution in [2.75, 3.05) is 12.7 Å². The highest BCUT2D eigenvalue weighted by atomic mass is 124. The van der Waals surface area contributed by atoms with Gasteiger partial charge in [0.25, 0.3) is 5.91 Å². The van der Waals surface area contributed by atoms with E-state index in [-0.39, 0.29) is 5.91 Å². The summed E-state index contributed by atoms with van der Waals surface area (Å²) >= 11 is 2.11. The molecule has 9 nitrogen and oxygen atoms in total. The summed E-state index contributed by atoms with van der Waals surface area (Å²) in [4.78, 5) is 42.7. The first-order chi connectivity index (χ1) is 16.2. The van der Waals surface area contributed by atoms with Crippen molar-refractivity contribution in [3.05, 3.63) is 83.4 Å². The quantitative estimate of drug-likeness (QED) is 0.140. The topological polar surface area (TPSA) is 119 Å². The number of rotatable bonds is 9. The van der Waals surface area contributed by atoms with E-state index in [1.807, 2.05) is 24.3 Å². The predicted molar refractivity (Wildman–Crippen MR) is 135 cm³/mol. The number of hydrogen-bond donors (Lipinski definition) is 1. The molecule has 0 aliphatic rings. The van der Waals surface area contributed by atoms with E-state index in [1.54, 1.807) is 49.8 Å². The van der Waals surface area contributed by atoms with Crippen LogP contribution in [0.3, 0.4) is 0 Å². The summed E-state index contributed by atoms with van der Waals surface area (Å²) in [5.74, 6) is -0.123. The molecule has 0 spiro atoms. The molecule has 1 amide bonds. The molecule has 33 heavy (non-hydrogen) atoms. The molecule has 11 heteroatoms. The largest absolute Gasteiger partial charge is 0.352 e. The third-order valence-electron chi connectivity index (χ3n) is 5.07. The van der Waals surface area contributed by atoms with Gasteiger partial charge in [0.15, 0.2) is 23.6 Å². The lowest BCUT2D eigenvalue weighted by Gasteiger charge is -2.23. The van der Waals surface area contributed by atoms with Gasteiger partial charge in [-0.3, -0.25) is 4.79 Å². The standard InChI is InChI=1S/C22H20IN8OP/c23-18-4-3-17(13-28-18)22(32)27-8-1-2-12-33(19-5-9-24-14-29-19,20-6-10-25-15-30-20)21-7-11-26-16-31-21/h3-7,9-11,13-16H,1-2,8,12H2/p+1/i23-3. The maximum absolute atomic E-state index is 12.4. The van der Waals surface area contributed by atoms with Crippen LogP contribution >= 0.6 is 29.9 Å². The van der Waals surface area contributed by atoms with Gasteiger partial charge in [0.2, 0.25) is 0 Å². The van der Waals surface area contributed by atoms with Crippen LogP contribution in [0.2, 0.25) is 0 Å². The summed E-state index contributed by atoms with van der Waals surface area (Å²) in [7, 11) is -2.26. The third-order valence-corrected chi connectivity index (χ3v) is 9.83. The van der Waals surface area contributed by atoms with Crippen molar-refractivity contribution in [3.8, 4) is 0 Å². The minimum Gasteiger partial charge on any atom is -0.352 e. The Hall–Kier alpha value is -2.98. The number of carbonyl (C=O) groups is 1. The number of nitrogens with one attached hydrogen (secondary N) is 1. The van der Waals surface area contributed by atoms with Crippen molar-refractivity contribution in [1.29, 1.82) is 0 Å². The van der Waals surface area contributed by atoms with E-state index in [9.17, 15) is 4.79 Å². The second-order valence-electron chi connectivity index (χ2n) is 7.07. The fraction of sp³-hybridized carbons (Fsp3) is 0.182. The van der Waals surface area contributed by atoms with Crippen molar-refractivity contribution in [3.63, 3.8) is 0 Å². The highest BCUT2D eigenvalue weighted by molar-refractivity contribution is 14.1. The Kier molecular flexibility index (Phi) is 7.90. The van der Waals surface area contributed by atoms with Crippen LogP contribution < -0.4 is 21.6 Å². The number of unbranched alkanes of at least 4 members (excludes halogenated alkanes) is 1. The summed E-state index contributed by atoms with van der Waals surface area (Å²) in [6, 6.07) is 9.40. The lowest BCUT2D eigenvalue weighted by molar-refractivity contribution is 0.0953. The van der Waals surface area contributed by atoms with Crippen molar-refractivity contribution in [2.24, 2.45) is 0 Å². The minimum atomic E-state index is -2.26. The molecule has 0 radical (unpaired) electrons. The van der Waals surface area contributed by atoms with Crippen LogP contribution in [0.15, 0.2) is 74.1 Å². The third kappa shape index (κ3) is 5.51. The van der Waals surface area contributed by atoms with Gasteiger partial charge in [-0.1, -0.05) is 0 Å². The average Bonchev–Trinajstić information content (AvgIpc) is 2.88. The van der Waals surface area contributed by atoms with Crippen LogP contribution in [0.1, 0.15) is 23.2 Å². The van der Waals surface area contributed by atoms with E-state index in [1.165, 1.54) is 0 Å². The van der Waals surface area contributed by atoms with Crippen LogP contribution in [0.5, 0.6) is 0 Å². The number of nitrogens with zero attached hydrogens (tertiary/aromatic N) is 7. The highest BCUT2D eigenvalue weighted by Gasteiger charge is 2.49. The number of hydrogen-bond acceptors (Lipinski definition) is 8. The average molecular weight is 568 g/mol. The molecule has 0 saturated carbocycles. The Bertz CT molecular complexity index is 1070. The molecule has 4 rings (SSSR count). The summed E-state index contributed by atoms with van der Waals surface area (Å²) < 4.78 is 0.851. The van der Waals surface area contributed by atoms with Crippen LogP contribution in [-0.2, 0) is 0 Å². The molecule has 0 aliphatic heterocycles. The van der Waals surface area contributed by atoms with Crippen LogP contribution in [0.4, 0.5) is 0 Å². The Labute approximate surface area is 205 Å². The van der Waals surface area contributed by atoms with E-state index < -0.39 is 7.26 Å². The van der Waals surface area contributed by atoms with E-state index in [0.29, 0.717) is 12.1 Å². The van der Waals surface area contributed by atoms with Gasteiger partial charge in [0.05, 0.1) is 11.7 Å². The number of amides is 1. The Morgan fingerprint density at radius 2 is 1.36 bits per heavy atom. The lowest BCUT2D eigenvalue weighted by Crippen LogP contribution is -2.38. The van der Waals surface area contributed by atoms with E-state index in [0.717, 1.165) is 39.0 Å². The number of aromatic nitrogens is 7. The van der Waals surface area contributed by atoms with Gasteiger partial charge in [0.1, 0.15) is 22.7 Å². The van der Waals surface area contributed by atoms with Crippen molar-refractivity contribution >= 4 is 52.1 Å². The molecule has 0 aliphatic carbocycles. The smallest absolute Gasteiger partial charge is 0.252 e. The lowest BCUT2D eigenvalue weighted by atomic mass is 10.2. The van der Waals surface area contributed by atoms with E-state index in [2.05, 4.69) is 62.8 Å². The molecule has 4 heterocycles. The second-order valence-corrected chi connectivity index (χ2v) is 11.6. The molecule has 0 unspecified atom stereocenters. The first-order valence-corrected chi connectivity index (χ1v) is 13.3. The van der Waals surface area contributed by atoms with Gasteiger partial charge in [-0.25, -0.2) is 34.9 Å². The number of pyridine rings is 1. The van der Waals surface area contributed by atoms with Gasteiger partial charge in [-0.15, -0.1) is 0 Å². The van der Waals surface area contributed by atoms with E-state index >= 15 is 0 Å². The molecule has 0 atom stereocenters. The summed E-state index contributed by atoms with van der Waals surface area (Å²) in [5, 5.41) is 2.98. The van der Waals surface area contributed by atoms with Crippen molar-refractivity contribution in [1.82, 2.24) is 40.2 Å². The molecule has 0 saturated heterocycles. The van der Waals surface area contributed by atoms with Gasteiger partial charge < -0.3 is 5.32 Å². The fourth-order valence-electron chi connectivity index (χ4n) is 3.51. The molecule has 0 bridgehead atoms. The number of carbonyl (C=O) groups excluding carboxylic acids is 1. The van der Waals surface area contributed by atoms with Gasteiger partial charge >= 0.3 is 0 Å². The summed E-state index contributed by atoms with van der Waals surface area (Å²) in [6.45, 7) is 0.558. The molecule has 0 aromatic carbocycles. The van der Waals surface area contributed by atoms with Crippen LogP contribution in [-0.4, -0.2) is 53.5 Å². The monoisotopic (exact) mass is 568 g/mol. The first kappa shape index (κ1) is 23.2. The Morgan fingerprint density at radius 1 is 0.788 bits per heavy atom. The molecule has 4 aromatic heterocycles. The molecular formula is C22H21IN8OP+. The molecular weight excluding hydrogens is 547 g/mol. The number of halogens is 1. The maximum atomic E-state index is 12.4. The molecule has 166 valence electrons. The molecule has 0 fully saturated rings. The fourth-order valence-corrected chi connectivity index (χ4v) is 7.63. The molecule has 1 N–H and O–H groups in total. The molecule has 4 aromatic rings. The maximum Gasteiger partial charge on any atom is 0.252 e. The van der Waals surface area contributed by atoms with Gasteiger partial charge in [0, 0.05) is 49.5 Å². The summed E-state index contributed by atoms with van der Waals surface area (Å²) in [6.07, 6.45) is 13.9. The van der Waals surface area contributed by atoms with Crippen molar-refractivity contribution in [2.45, 2.75) is 12.8 Å². The van der Waals surface area contributed by atoms with Gasteiger partial charge in [-0.2, -0.15) is 0 Å². The first-order valence-electron chi connectivity index (χ1n) is 10.3. The van der Waals surface area contributed by atoms with E-state index in [4.69, 9.17) is 0 Å². The Balaban J connectivity index is 1.53. The second kappa shape index (κ2) is 11.2. The van der Waals surface area contributed by atoms with Crippen molar-refractivity contribution < 1.29 is 4.79 Å². The zero-order valence-corrected chi connectivity index (χ0v) is 20.7. The highest BCUT2D eigenvalue weighted by Crippen LogP contribution is 2.54. The SMILES string of the molecule is O=C(NCCCC[P+](c1ccncn1)(c1ccncn1)c1ccncn1)c1ccc([124I])nc1. The van der Waals surface area contributed by atoms with Crippen LogP contribution in [0.25, 0.3) is 0 Å².